The molecule has 0 atom stereocenters. The van der Waals surface area contributed by atoms with Gasteiger partial charge in [0.15, 0.2) is 0 Å². The van der Waals surface area contributed by atoms with Gasteiger partial charge in [-0.2, -0.15) is 5.26 Å². The molecular weight excluding hydrogens is 350 g/mol. The Bertz CT molecular complexity index is 606. The van der Waals surface area contributed by atoms with Crippen molar-refractivity contribution >= 4 is 32.1 Å². The molecule has 1 aromatic heterocycles. The van der Waals surface area contributed by atoms with Crippen LogP contribution in [0.1, 0.15) is 22.5 Å². The molecule has 2 N–H and O–H groups in total. The Morgan fingerprint density at radius 2 is 2.36 bits per heavy atom. The minimum atomic E-state index is -0.168. The van der Waals surface area contributed by atoms with E-state index in [4.69, 9.17) is 15.4 Å². The van der Waals surface area contributed by atoms with Gasteiger partial charge >= 0.3 is 0 Å². The molecule has 1 fully saturated rings. The van der Waals surface area contributed by atoms with E-state index in [1.165, 1.54) is 6.20 Å². The average molecular weight is 366 g/mol. The molecule has 2 heterocycles. The summed E-state index contributed by atoms with van der Waals surface area (Å²) < 4.78 is 5.48. The minimum Gasteiger partial charge on any atom is -0.380 e. The molecule has 7 nitrogen and oxygen atoms in total. The number of nitriles is 1. The fourth-order valence-electron chi connectivity index (χ4n) is 2.14. The van der Waals surface area contributed by atoms with Crippen molar-refractivity contribution in [3.05, 3.63) is 23.5 Å². The van der Waals surface area contributed by atoms with Crippen molar-refractivity contribution in [1.82, 2.24) is 9.88 Å². The van der Waals surface area contributed by atoms with Crippen LogP contribution in [0.25, 0.3) is 0 Å². The van der Waals surface area contributed by atoms with E-state index in [2.05, 4.69) is 26.2 Å². The van der Waals surface area contributed by atoms with Crippen LogP contribution in [0.3, 0.4) is 0 Å². The van der Waals surface area contributed by atoms with Gasteiger partial charge in [0.1, 0.15) is 16.9 Å². The molecule has 1 saturated heterocycles. The molecule has 1 aliphatic heterocycles. The van der Waals surface area contributed by atoms with Crippen LogP contribution in [0.5, 0.6) is 0 Å². The number of nitrogens with one attached hydrogen (secondary N) is 2. The first kappa shape index (κ1) is 16.4. The lowest BCUT2D eigenvalue weighted by Crippen LogP contribution is -2.33. The molecule has 0 saturated carbocycles. The van der Waals surface area contributed by atoms with Crippen LogP contribution < -0.4 is 5.32 Å². The molecule has 0 aromatic carbocycles. The predicted octanol–water partition coefficient (Wildman–Crippen LogP) is 1.60. The van der Waals surface area contributed by atoms with E-state index in [1.54, 1.807) is 11.0 Å². The van der Waals surface area contributed by atoms with E-state index in [9.17, 15) is 4.79 Å². The lowest BCUT2D eigenvalue weighted by atomic mass is 10.2. The standard InChI is InChI=1S/C14H16BrN5O2/c15-13(17)10-9-19-12(8-11(10)18-3-2-16)14(21)20-4-1-6-22-7-5-20/h8-9,17H,1,3-7H2,(H,18,19). The second-order valence-corrected chi connectivity index (χ2v) is 5.49. The number of ether oxygens (including phenoxy) is 1. The number of hydrogen-bond acceptors (Lipinski definition) is 6. The van der Waals surface area contributed by atoms with Gasteiger partial charge in [0.25, 0.3) is 5.91 Å². The van der Waals surface area contributed by atoms with Crippen molar-refractivity contribution in [3.63, 3.8) is 0 Å². The number of carbonyl (C=O) groups is 1. The molecule has 0 bridgehead atoms. The zero-order valence-corrected chi connectivity index (χ0v) is 13.5. The van der Waals surface area contributed by atoms with E-state index in [0.29, 0.717) is 43.2 Å². The number of aromatic nitrogens is 1. The normalized spacial score (nSPS) is 14.8. The highest BCUT2D eigenvalue weighted by atomic mass is 79.9. The molecule has 0 spiro atoms. The summed E-state index contributed by atoms with van der Waals surface area (Å²) in [6.07, 6.45) is 2.26. The second-order valence-electron chi connectivity index (χ2n) is 4.70. The number of carbonyl (C=O) groups excluding carboxylic acids is 1. The van der Waals surface area contributed by atoms with E-state index >= 15 is 0 Å². The number of rotatable bonds is 4. The number of halogens is 1. The summed E-state index contributed by atoms with van der Waals surface area (Å²) in [5.74, 6) is -0.168. The Hall–Kier alpha value is -1.98. The van der Waals surface area contributed by atoms with Gasteiger partial charge in [-0.15, -0.1) is 0 Å². The predicted molar refractivity (Wildman–Crippen MR) is 85.4 cm³/mol. The van der Waals surface area contributed by atoms with Crippen molar-refractivity contribution in [3.8, 4) is 6.07 Å². The van der Waals surface area contributed by atoms with E-state index in [-0.39, 0.29) is 17.1 Å². The first-order valence-electron chi connectivity index (χ1n) is 6.86. The number of anilines is 1. The highest BCUT2D eigenvalue weighted by Crippen LogP contribution is 2.19. The molecule has 116 valence electrons. The van der Waals surface area contributed by atoms with Gasteiger partial charge in [-0.3, -0.25) is 15.2 Å². The quantitative estimate of drug-likeness (QED) is 0.623. The third-order valence-electron chi connectivity index (χ3n) is 3.23. The van der Waals surface area contributed by atoms with E-state index in [0.717, 1.165) is 6.42 Å². The number of pyridine rings is 1. The number of amides is 1. The summed E-state index contributed by atoms with van der Waals surface area (Å²) in [6, 6.07) is 3.55. The fraction of sp³-hybridized carbons (Fsp3) is 0.429. The monoisotopic (exact) mass is 365 g/mol. The summed E-state index contributed by atoms with van der Waals surface area (Å²) in [7, 11) is 0. The molecule has 8 heteroatoms. The van der Waals surface area contributed by atoms with Crippen molar-refractivity contribution in [2.75, 3.05) is 38.2 Å². The molecule has 0 radical (unpaired) electrons. The lowest BCUT2D eigenvalue weighted by Gasteiger charge is -2.19. The summed E-state index contributed by atoms with van der Waals surface area (Å²) in [5.41, 5.74) is 1.33. The molecule has 0 unspecified atom stereocenters. The number of nitrogens with zero attached hydrogens (tertiary/aromatic N) is 3. The Kier molecular flexibility index (Phi) is 5.86. The lowest BCUT2D eigenvalue weighted by molar-refractivity contribution is 0.0735. The van der Waals surface area contributed by atoms with Crippen LogP contribution in [-0.2, 0) is 4.74 Å². The molecule has 2 rings (SSSR count). The van der Waals surface area contributed by atoms with Crippen LogP contribution in [0.4, 0.5) is 5.69 Å². The highest BCUT2D eigenvalue weighted by Gasteiger charge is 2.20. The van der Waals surface area contributed by atoms with Crippen LogP contribution in [0, 0.1) is 16.7 Å². The Balaban J connectivity index is 2.24. The zero-order valence-electron chi connectivity index (χ0n) is 11.9. The highest BCUT2D eigenvalue weighted by molar-refractivity contribution is 9.18. The van der Waals surface area contributed by atoms with Crippen LogP contribution in [0.15, 0.2) is 12.3 Å². The Morgan fingerprint density at radius 1 is 1.55 bits per heavy atom. The largest absolute Gasteiger partial charge is 0.380 e. The van der Waals surface area contributed by atoms with Crippen molar-refractivity contribution in [2.24, 2.45) is 0 Å². The van der Waals surface area contributed by atoms with Gasteiger partial charge < -0.3 is 15.0 Å². The fourth-order valence-corrected chi connectivity index (χ4v) is 2.46. The zero-order chi connectivity index (χ0) is 15.9. The summed E-state index contributed by atoms with van der Waals surface area (Å²) in [4.78, 5) is 18.4. The van der Waals surface area contributed by atoms with Gasteiger partial charge in [0.2, 0.25) is 0 Å². The van der Waals surface area contributed by atoms with Gasteiger partial charge in [0.05, 0.1) is 12.7 Å². The van der Waals surface area contributed by atoms with Gasteiger partial charge in [-0.05, 0) is 28.4 Å². The van der Waals surface area contributed by atoms with Crippen LogP contribution in [-0.4, -0.2) is 53.3 Å². The molecule has 22 heavy (non-hydrogen) atoms. The topological polar surface area (TPSA) is 102 Å². The first-order valence-corrected chi connectivity index (χ1v) is 7.65. The maximum Gasteiger partial charge on any atom is 0.272 e. The summed E-state index contributed by atoms with van der Waals surface area (Å²) in [5, 5.41) is 19.2. The molecule has 1 amide bonds. The van der Waals surface area contributed by atoms with Crippen molar-refractivity contribution < 1.29 is 9.53 Å². The molecule has 1 aromatic rings. The average Bonchev–Trinajstić information content (AvgIpc) is 2.81. The molecular formula is C14H16BrN5O2. The minimum absolute atomic E-state index is 0.0858. The smallest absolute Gasteiger partial charge is 0.272 e. The van der Waals surface area contributed by atoms with Crippen LogP contribution >= 0.6 is 15.9 Å². The SMILES string of the molecule is N#CCNc1cc(C(=O)N2CCCOCC2)ncc1C(=N)Br. The third kappa shape index (κ3) is 4.02. The summed E-state index contributed by atoms with van der Waals surface area (Å²) in [6.45, 7) is 2.44. The second kappa shape index (κ2) is 7.87. The van der Waals surface area contributed by atoms with Gasteiger partial charge in [-0.1, -0.05) is 0 Å². The summed E-state index contributed by atoms with van der Waals surface area (Å²) >= 11 is 3.08. The molecule has 0 aliphatic carbocycles. The molecule has 1 aliphatic rings. The Labute approximate surface area is 136 Å². The third-order valence-corrected chi connectivity index (χ3v) is 3.65. The van der Waals surface area contributed by atoms with E-state index < -0.39 is 0 Å². The van der Waals surface area contributed by atoms with Crippen LogP contribution in [0.2, 0.25) is 0 Å². The van der Waals surface area contributed by atoms with Gasteiger partial charge in [0, 0.05) is 37.1 Å². The first-order chi connectivity index (χ1) is 10.6. The van der Waals surface area contributed by atoms with Crippen molar-refractivity contribution in [2.45, 2.75) is 6.42 Å². The maximum absolute atomic E-state index is 12.5. The maximum atomic E-state index is 12.5. The van der Waals surface area contributed by atoms with Crippen molar-refractivity contribution in [1.29, 1.82) is 10.7 Å². The van der Waals surface area contributed by atoms with E-state index in [1.807, 2.05) is 6.07 Å². The van der Waals surface area contributed by atoms with Gasteiger partial charge in [-0.25, -0.2) is 0 Å². The Morgan fingerprint density at radius 3 is 3.09 bits per heavy atom. The number of hydrogen-bond donors (Lipinski definition) is 2.